The van der Waals surface area contributed by atoms with Crippen molar-refractivity contribution in [1.29, 1.82) is 0 Å². The molecule has 3 heterocycles. The van der Waals surface area contributed by atoms with Gasteiger partial charge in [-0.05, 0) is 42.5 Å². The number of fused-ring (bicyclic) bond motifs is 5. The van der Waals surface area contributed by atoms with Crippen LogP contribution >= 0.6 is 15.9 Å². The molecule has 3 aliphatic rings. The highest BCUT2D eigenvalue weighted by Gasteiger charge is 2.63. The second-order valence-electron chi connectivity index (χ2n) is 7.73. The zero-order chi connectivity index (χ0) is 21.7. The number of hydrogen-bond donors (Lipinski definition) is 0. The molecule has 5 rings (SSSR count). The van der Waals surface area contributed by atoms with Gasteiger partial charge in [0.25, 0.3) is 0 Å². The number of para-hydroxylation sites is 1. The number of halogens is 1. The molecular formula is C24H17BrN2O4. The average Bonchev–Trinajstić information content (AvgIpc) is 3.17. The molecule has 0 radical (unpaired) electrons. The van der Waals surface area contributed by atoms with E-state index in [2.05, 4.69) is 15.9 Å². The minimum Gasteiger partial charge on any atom is -0.359 e. The van der Waals surface area contributed by atoms with E-state index in [-0.39, 0.29) is 23.4 Å². The Balaban J connectivity index is 1.45. The van der Waals surface area contributed by atoms with Crippen LogP contribution in [0.25, 0.3) is 0 Å². The highest BCUT2D eigenvalue weighted by molar-refractivity contribution is 9.10. The molecule has 6 nitrogen and oxygen atoms in total. The van der Waals surface area contributed by atoms with Gasteiger partial charge in [0.2, 0.25) is 11.8 Å². The molecule has 4 atom stereocenters. The molecule has 0 N–H and O–H groups in total. The van der Waals surface area contributed by atoms with Crippen LogP contribution in [0.3, 0.4) is 0 Å². The van der Waals surface area contributed by atoms with Crippen molar-refractivity contribution in [3.63, 3.8) is 0 Å². The highest BCUT2D eigenvalue weighted by Crippen LogP contribution is 2.46. The van der Waals surface area contributed by atoms with Gasteiger partial charge in [-0.25, -0.2) is 4.90 Å². The van der Waals surface area contributed by atoms with E-state index >= 15 is 0 Å². The lowest BCUT2D eigenvalue weighted by Crippen LogP contribution is -2.46. The van der Waals surface area contributed by atoms with Crippen molar-refractivity contribution < 1.29 is 19.2 Å². The van der Waals surface area contributed by atoms with Crippen LogP contribution in [0.1, 0.15) is 10.4 Å². The third kappa shape index (κ3) is 3.08. The maximum atomic E-state index is 13.2. The number of anilines is 1. The van der Waals surface area contributed by atoms with Gasteiger partial charge in [-0.15, -0.1) is 0 Å². The Morgan fingerprint density at radius 3 is 2.29 bits per heavy atom. The summed E-state index contributed by atoms with van der Waals surface area (Å²) in [6, 6.07) is 14.5. The molecule has 2 fully saturated rings. The molecule has 3 aliphatic heterocycles. The fraction of sp³-hybridized carbons (Fsp3) is 0.167. The summed E-state index contributed by atoms with van der Waals surface area (Å²) in [6.45, 7) is 0. The molecule has 7 heteroatoms. The normalized spacial score (nSPS) is 26.8. The van der Waals surface area contributed by atoms with Gasteiger partial charge in [-0.1, -0.05) is 40.2 Å². The number of rotatable bonds is 4. The second kappa shape index (κ2) is 7.42. The number of nitrogens with zero attached hydrogens (tertiary/aromatic N) is 2. The maximum Gasteiger partial charge on any atom is 0.240 e. The van der Waals surface area contributed by atoms with Crippen LogP contribution in [-0.2, 0) is 14.4 Å². The Morgan fingerprint density at radius 1 is 0.903 bits per heavy atom. The van der Waals surface area contributed by atoms with Gasteiger partial charge < -0.3 is 4.90 Å². The lowest BCUT2D eigenvalue weighted by atomic mass is 9.90. The van der Waals surface area contributed by atoms with Crippen LogP contribution < -0.4 is 4.90 Å². The van der Waals surface area contributed by atoms with Gasteiger partial charge in [-0.2, -0.15) is 0 Å². The van der Waals surface area contributed by atoms with Crippen LogP contribution in [0.15, 0.2) is 83.5 Å². The number of benzene rings is 2. The summed E-state index contributed by atoms with van der Waals surface area (Å²) in [7, 11) is 0. The lowest BCUT2D eigenvalue weighted by Gasteiger charge is -2.32. The van der Waals surface area contributed by atoms with Gasteiger partial charge in [0.15, 0.2) is 11.6 Å². The first-order chi connectivity index (χ1) is 15.0. The Kier molecular flexibility index (Phi) is 4.70. The number of amides is 2. The summed E-state index contributed by atoms with van der Waals surface area (Å²) < 4.78 is 0.866. The van der Waals surface area contributed by atoms with Crippen molar-refractivity contribution >= 4 is 45.0 Å². The number of hydrogen-bond acceptors (Lipinski definition) is 5. The molecule has 2 saturated heterocycles. The van der Waals surface area contributed by atoms with Crippen LogP contribution in [0.2, 0.25) is 0 Å². The maximum absolute atomic E-state index is 13.2. The third-order valence-electron chi connectivity index (χ3n) is 6.06. The zero-order valence-electron chi connectivity index (χ0n) is 16.2. The average molecular weight is 477 g/mol. The van der Waals surface area contributed by atoms with Gasteiger partial charge in [0.1, 0.15) is 6.04 Å². The molecule has 0 aromatic heterocycles. The van der Waals surface area contributed by atoms with E-state index in [9.17, 15) is 19.2 Å². The molecular weight excluding hydrogens is 460 g/mol. The topological polar surface area (TPSA) is 74.8 Å². The Bertz CT molecular complexity index is 1160. The van der Waals surface area contributed by atoms with E-state index < -0.39 is 23.9 Å². The van der Waals surface area contributed by atoms with E-state index in [4.69, 9.17) is 0 Å². The lowest BCUT2D eigenvalue weighted by molar-refractivity contribution is -0.128. The largest absolute Gasteiger partial charge is 0.359 e. The predicted molar refractivity (Wildman–Crippen MR) is 117 cm³/mol. The highest BCUT2D eigenvalue weighted by atomic mass is 79.9. The van der Waals surface area contributed by atoms with E-state index in [1.165, 1.54) is 17.1 Å². The summed E-state index contributed by atoms with van der Waals surface area (Å²) >= 11 is 3.34. The van der Waals surface area contributed by atoms with Crippen LogP contribution in [0.4, 0.5) is 5.69 Å². The summed E-state index contributed by atoms with van der Waals surface area (Å²) in [5.41, 5.74) is 1.02. The first-order valence-electron chi connectivity index (χ1n) is 9.88. The molecule has 4 unspecified atom stereocenters. The molecule has 0 spiro atoms. The summed E-state index contributed by atoms with van der Waals surface area (Å²) in [5, 5.41) is 0. The predicted octanol–water partition coefficient (Wildman–Crippen LogP) is 3.14. The van der Waals surface area contributed by atoms with Gasteiger partial charge in [-0.3, -0.25) is 19.2 Å². The first-order valence-corrected chi connectivity index (χ1v) is 10.7. The summed E-state index contributed by atoms with van der Waals surface area (Å²) in [6.07, 6.45) is 6.05. The van der Waals surface area contributed by atoms with E-state index in [0.29, 0.717) is 11.3 Å². The molecule has 0 aliphatic carbocycles. The van der Waals surface area contributed by atoms with Crippen molar-refractivity contribution in [3.8, 4) is 0 Å². The summed E-state index contributed by atoms with van der Waals surface area (Å²) in [5.74, 6) is -2.57. The standard InChI is InChI=1S/C24H17BrN2O4/c25-15-8-6-14(7-9-15)18(28)12-13-26-17-10-11-19(29)22(26)21-20(17)23(30)27(24(21)31)16-4-2-1-3-5-16/h1-13,17,20-22H/b13-12+. The minimum atomic E-state index is -0.792. The van der Waals surface area contributed by atoms with Crippen LogP contribution in [-0.4, -0.2) is 40.4 Å². The van der Waals surface area contributed by atoms with E-state index in [1.807, 2.05) is 6.07 Å². The smallest absolute Gasteiger partial charge is 0.240 e. The Labute approximate surface area is 187 Å². The molecule has 2 aromatic rings. The van der Waals surface area contributed by atoms with Crippen molar-refractivity contribution in [1.82, 2.24) is 4.90 Å². The van der Waals surface area contributed by atoms with Crippen molar-refractivity contribution in [3.05, 3.63) is 89.1 Å². The molecule has 2 amide bonds. The van der Waals surface area contributed by atoms with Crippen molar-refractivity contribution in [2.45, 2.75) is 12.1 Å². The molecule has 0 saturated carbocycles. The fourth-order valence-corrected chi connectivity index (χ4v) is 4.95. The molecule has 31 heavy (non-hydrogen) atoms. The first kappa shape index (κ1) is 19.6. The van der Waals surface area contributed by atoms with Crippen molar-refractivity contribution in [2.24, 2.45) is 11.8 Å². The number of ketones is 2. The number of carbonyl (C=O) groups is 4. The molecule has 2 bridgehead atoms. The molecule has 154 valence electrons. The van der Waals surface area contributed by atoms with E-state index in [1.54, 1.807) is 65.7 Å². The Hall–Kier alpha value is -3.32. The SMILES string of the molecule is O=C(/C=C/N1C2C=CC(=O)C1C1C(=O)N(c3ccccc3)C(=O)C12)c1ccc(Br)cc1. The zero-order valence-corrected chi connectivity index (χ0v) is 17.8. The summed E-state index contributed by atoms with van der Waals surface area (Å²) in [4.78, 5) is 54.6. The van der Waals surface area contributed by atoms with Crippen LogP contribution in [0, 0.1) is 11.8 Å². The third-order valence-corrected chi connectivity index (χ3v) is 6.59. The van der Waals surface area contributed by atoms with Crippen molar-refractivity contribution in [2.75, 3.05) is 4.90 Å². The number of imide groups is 1. The van der Waals surface area contributed by atoms with Crippen LogP contribution in [0.5, 0.6) is 0 Å². The second-order valence-corrected chi connectivity index (χ2v) is 8.65. The van der Waals surface area contributed by atoms with Gasteiger partial charge in [0, 0.05) is 22.3 Å². The Morgan fingerprint density at radius 2 is 1.58 bits per heavy atom. The minimum absolute atomic E-state index is 0.220. The number of carbonyl (C=O) groups excluding carboxylic acids is 4. The monoisotopic (exact) mass is 476 g/mol. The fourth-order valence-electron chi connectivity index (χ4n) is 4.68. The van der Waals surface area contributed by atoms with E-state index in [0.717, 1.165) is 4.47 Å². The molecule has 2 aromatic carbocycles. The number of allylic oxidation sites excluding steroid dienone is 1. The van der Waals surface area contributed by atoms with Gasteiger partial charge in [0.05, 0.1) is 23.6 Å². The quantitative estimate of drug-likeness (QED) is 0.385. The van der Waals surface area contributed by atoms with Gasteiger partial charge >= 0.3 is 0 Å².